The zero-order chi connectivity index (χ0) is 21.7. The highest BCUT2D eigenvalue weighted by atomic mass is 32.2. The van der Waals surface area contributed by atoms with Gasteiger partial charge in [0.1, 0.15) is 0 Å². The molecule has 0 spiro atoms. The molecule has 1 N–H and O–H groups in total. The molecule has 2 aliphatic rings. The van der Waals surface area contributed by atoms with E-state index in [0.717, 1.165) is 44.8 Å². The Balaban J connectivity index is 1.25. The summed E-state index contributed by atoms with van der Waals surface area (Å²) in [6.45, 7) is 4.71. The van der Waals surface area contributed by atoms with Gasteiger partial charge in [0.15, 0.2) is 0 Å². The van der Waals surface area contributed by atoms with Crippen LogP contribution in [0.1, 0.15) is 23.2 Å². The smallest absolute Gasteiger partial charge is 0.251 e. The van der Waals surface area contributed by atoms with E-state index in [2.05, 4.69) is 10.2 Å². The number of carbonyl (C=O) groups is 1. The number of sulfonamides is 1. The first-order valence-corrected chi connectivity index (χ1v) is 12.2. The average Bonchev–Trinajstić information content (AvgIpc) is 2.84. The monoisotopic (exact) mass is 443 g/mol. The van der Waals surface area contributed by atoms with Gasteiger partial charge in [0.25, 0.3) is 5.91 Å². The van der Waals surface area contributed by atoms with Gasteiger partial charge in [-0.05, 0) is 55.2 Å². The third-order valence-corrected chi connectivity index (χ3v) is 7.92. The van der Waals surface area contributed by atoms with Gasteiger partial charge >= 0.3 is 0 Å². The first-order chi connectivity index (χ1) is 15.0. The number of hydrogen-bond acceptors (Lipinski definition) is 5. The molecule has 8 heteroatoms. The summed E-state index contributed by atoms with van der Waals surface area (Å²) in [5.74, 6) is 0.187. The molecule has 0 aliphatic carbocycles. The fourth-order valence-corrected chi connectivity index (χ4v) is 5.57. The molecular weight excluding hydrogens is 414 g/mol. The molecule has 0 bridgehead atoms. The number of benzene rings is 2. The quantitative estimate of drug-likeness (QED) is 0.742. The van der Waals surface area contributed by atoms with Gasteiger partial charge < -0.3 is 15.0 Å². The lowest BCUT2D eigenvalue weighted by Crippen LogP contribution is -2.41. The largest absolute Gasteiger partial charge is 0.378 e. The van der Waals surface area contributed by atoms with Crippen LogP contribution in [-0.2, 0) is 14.8 Å². The fourth-order valence-electron chi connectivity index (χ4n) is 4.08. The van der Waals surface area contributed by atoms with Crippen molar-refractivity contribution in [3.8, 4) is 0 Å². The van der Waals surface area contributed by atoms with Crippen molar-refractivity contribution >= 4 is 21.6 Å². The number of piperidine rings is 1. The fraction of sp³-hybridized carbons (Fsp3) is 0.435. The van der Waals surface area contributed by atoms with Crippen LogP contribution < -0.4 is 10.2 Å². The minimum atomic E-state index is -3.44. The number of carbonyl (C=O) groups excluding carboxylic acids is 1. The summed E-state index contributed by atoms with van der Waals surface area (Å²) < 4.78 is 32.4. The summed E-state index contributed by atoms with van der Waals surface area (Å²) >= 11 is 0. The molecule has 2 aromatic carbocycles. The molecule has 7 nitrogen and oxygen atoms in total. The molecule has 0 unspecified atom stereocenters. The van der Waals surface area contributed by atoms with Crippen LogP contribution >= 0.6 is 0 Å². The molecule has 2 heterocycles. The van der Waals surface area contributed by atoms with Crippen LogP contribution in [0.5, 0.6) is 0 Å². The summed E-state index contributed by atoms with van der Waals surface area (Å²) in [4.78, 5) is 15.1. The lowest BCUT2D eigenvalue weighted by Gasteiger charge is -2.31. The van der Waals surface area contributed by atoms with Gasteiger partial charge in [0, 0.05) is 44.0 Å². The van der Waals surface area contributed by atoms with Crippen LogP contribution in [0, 0.1) is 5.92 Å². The molecule has 4 rings (SSSR count). The van der Waals surface area contributed by atoms with Gasteiger partial charge in [-0.2, -0.15) is 4.31 Å². The molecule has 1 amide bonds. The van der Waals surface area contributed by atoms with Gasteiger partial charge in [-0.15, -0.1) is 0 Å². The number of ether oxygens (including phenoxy) is 1. The lowest BCUT2D eigenvalue weighted by molar-refractivity contribution is 0.0941. The van der Waals surface area contributed by atoms with Crippen LogP contribution in [0.15, 0.2) is 59.5 Å². The third kappa shape index (κ3) is 5.26. The molecule has 31 heavy (non-hydrogen) atoms. The molecular formula is C23H29N3O4S. The number of rotatable bonds is 6. The summed E-state index contributed by atoms with van der Waals surface area (Å²) in [7, 11) is -3.44. The molecule has 2 aliphatic heterocycles. The molecule has 0 atom stereocenters. The summed E-state index contributed by atoms with van der Waals surface area (Å²) in [5, 5.41) is 3.01. The maximum atomic E-state index is 12.7. The SMILES string of the molecule is O=C(NCC1CCN(S(=O)(=O)c2ccccc2)CC1)c1ccc(N2CCOCC2)cc1. The van der Waals surface area contributed by atoms with Crippen molar-refractivity contribution < 1.29 is 17.9 Å². The van der Waals surface area contributed by atoms with Gasteiger partial charge in [0.05, 0.1) is 18.1 Å². The number of nitrogens with one attached hydrogen (secondary N) is 1. The Hall–Kier alpha value is -2.42. The number of hydrogen-bond donors (Lipinski definition) is 1. The van der Waals surface area contributed by atoms with Gasteiger partial charge in [-0.25, -0.2) is 8.42 Å². The Kier molecular flexibility index (Phi) is 6.89. The molecule has 166 valence electrons. The van der Waals surface area contributed by atoms with E-state index in [0.29, 0.717) is 30.1 Å². The minimum Gasteiger partial charge on any atom is -0.378 e. The van der Waals surface area contributed by atoms with Crippen LogP contribution in [-0.4, -0.2) is 64.6 Å². The zero-order valence-corrected chi connectivity index (χ0v) is 18.4. The first-order valence-electron chi connectivity index (χ1n) is 10.8. The molecule has 0 saturated carbocycles. The van der Waals surface area contributed by atoms with Crippen molar-refractivity contribution in [3.05, 3.63) is 60.2 Å². The first kappa shape index (κ1) is 21.8. The summed E-state index contributed by atoms with van der Waals surface area (Å²) in [6.07, 6.45) is 1.48. The van der Waals surface area contributed by atoms with E-state index < -0.39 is 10.0 Å². The molecule has 2 aromatic rings. The van der Waals surface area contributed by atoms with Crippen LogP contribution in [0.25, 0.3) is 0 Å². The van der Waals surface area contributed by atoms with Crippen LogP contribution in [0.3, 0.4) is 0 Å². The summed E-state index contributed by atoms with van der Waals surface area (Å²) in [6, 6.07) is 16.2. The highest BCUT2D eigenvalue weighted by Crippen LogP contribution is 2.23. The van der Waals surface area contributed by atoms with Crippen molar-refractivity contribution in [2.24, 2.45) is 5.92 Å². The van der Waals surface area contributed by atoms with Crippen molar-refractivity contribution in [2.45, 2.75) is 17.7 Å². The number of morpholine rings is 1. The van der Waals surface area contributed by atoms with Gasteiger partial charge in [-0.1, -0.05) is 18.2 Å². The average molecular weight is 444 g/mol. The standard InChI is InChI=1S/C23H29N3O4S/c27-23(20-6-8-21(9-7-20)25-14-16-30-17-15-25)24-18-19-10-12-26(13-11-19)31(28,29)22-4-2-1-3-5-22/h1-9,19H,10-18H2,(H,24,27). The lowest BCUT2D eigenvalue weighted by atomic mass is 9.98. The van der Waals surface area contributed by atoms with E-state index >= 15 is 0 Å². The number of anilines is 1. The third-order valence-electron chi connectivity index (χ3n) is 6.01. The molecule has 0 aromatic heterocycles. The van der Waals surface area contributed by atoms with Crippen molar-refractivity contribution in [1.29, 1.82) is 0 Å². The Labute approximate surface area is 184 Å². The minimum absolute atomic E-state index is 0.0899. The Morgan fingerprint density at radius 1 is 0.935 bits per heavy atom. The highest BCUT2D eigenvalue weighted by Gasteiger charge is 2.29. The number of amides is 1. The van der Waals surface area contributed by atoms with E-state index in [1.807, 2.05) is 30.3 Å². The second-order valence-electron chi connectivity index (χ2n) is 8.02. The molecule has 2 saturated heterocycles. The molecule has 2 fully saturated rings. The van der Waals surface area contributed by atoms with Crippen LogP contribution in [0.4, 0.5) is 5.69 Å². The maximum absolute atomic E-state index is 12.7. The second kappa shape index (κ2) is 9.80. The predicted octanol–water partition coefficient (Wildman–Crippen LogP) is 2.35. The van der Waals surface area contributed by atoms with Gasteiger partial charge in [0.2, 0.25) is 10.0 Å². The van der Waals surface area contributed by atoms with Crippen LogP contribution in [0.2, 0.25) is 0 Å². The normalized spacial score (nSPS) is 18.6. The van der Waals surface area contributed by atoms with E-state index in [-0.39, 0.29) is 11.8 Å². The Morgan fingerprint density at radius 2 is 1.58 bits per heavy atom. The predicted molar refractivity (Wildman–Crippen MR) is 120 cm³/mol. The Bertz CT molecular complexity index is 966. The van der Waals surface area contributed by atoms with E-state index in [4.69, 9.17) is 4.74 Å². The second-order valence-corrected chi connectivity index (χ2v) is 9.95. The van der Waals surface area contributed by atoms with Crippen molar-refractivity contribution in [3.63, 3.8) is 0 Å². The zero-order valence-electron chi connectivity index (χ0n) is 17.6. The van der Waals surface area contributed by atoms with Crippen molar-refractivity contribution in [1.82, 2.24) is 9.62 Å². The van der Waals surface area contributed by atoms with Crippen molar-refractivity contribution in [2.75, 3.05) is 50.8 Å². The summed E-state index contributed by atoms with van der Waals surface area (Å²) in [5.41, 5.74) is 1.74. The van der Waals surface area contributed by atoms with E-state index in [1.165, 1.54) is 0 Å². The van der Waals surface area contributed by atoms with E-state index in [9.17, 15) is 13.2 Å². The highest BCUT2D eigenvalue weighted by molar-refractivity contribution is 7.89. The number of nitrogens with zero attached hydrogens (tertiary/aromatic N) is 2. The molecule has 0 radical (unpaired) electrons. The van der Waals surface area contributed by atoms with Gasteiger partial charge in [-0.3, -0.25) is 4.79 Å². The maximum Gasteiger partial charge on any atom is 0.251 e. The van der Waals surface area contributed by atoms with E-state index in [1.54, 1.807) is 28.6 Å². The Morgan fingerprint density at radius 3 is 2.23 bits per heavy atom. The topological polar surface area (TPSA) is 79.0 Å².